The van der Waals surface area contributed by atoms with E-state index < -0.39 is 0 Å². The fourth-order valence-electron chi connectivity index (χ4n) is 3.63. The molecule has 0 saturated carbocycles. The van der Waals surface area contributed by atoms with Crippen molar-refractivity contribution in [1.29, 1.82) is 0 Å². The summed E-state index contributed by atoms with van der Waals surface area (Å²) in [6.45, 7) is 7.89. The Labute approximate surface area is 147 Å². The Morgan fingerprint density at radius 2 is 1.80 bits per heavy atom. The Balaban J connectivity index is 2.31. The highest BCUT2D eigenvalue weighted by Gasteiger charge is 2.26. The van der Waals surface area contributed by atoms with Crippen molar-refractivity contribution in [2.24, 2.45) is 7.05 Å². The van der Waals surface area contributed by atoms with E-state index in [0.29, 0.717) is 16.6 Å². The molecule has 0 N–H and O–H groups in total. The van der Waals surface area contributed by atoms with Gasteiger partial charge in [0.05, 0.1) is 27.7 Å². The molecule has 1 aromatic carbocycles. The smallest absolute Gasteiger partial charge is 0.256 e. The zero-order valence-electron chi connectivity index (χ0n) is 15.3. The number of benzene rings is 1. The molecule has 0 fully saturated rings. The first-order valence-electron chi connectivity index (χ1n) is 8.52. The summed E-state index contributed by atoms with van der Waals surface area (Å²) < 4.78 is 1.94. The van der Waals surface area contributed by atoms with Crippen LogP contribution in [0.4, 0.5) is 0 Å². The lowest BCUT2D eigenvalue weighted by Crippen LogP contribution is -2.42. The largest absolute Gasteiger partial charge is 0.342 e. The van der Waals surface area contributed by atoms with Gasteiger partial charge in [-0.15, -0.1) is 0 Å². The summed E-state index contributed by atoms with van der Waals surface area (Å²) in [4.78, 5) is 31.3. The van der Waals surface area contributed by atoms with Gasteiger partial charge in [-0.05, 0) is 33.8 Å². The van der Waals surface area contributed by atoms with E-state index >= 15 is 0 Å². The molecule has 2 aromatic heterocycles. The molecule has 0 bridgehead atoms. The monoisotopic (exact) mass is 337 g/mol. The number of aldehydes is 1. The van der Waals surface area contributed by atoms with Gasteiger partial charge in [0.25, 0.3) is 5.91 Å². The van der Waals surface area contributed by atoms with Crippen LogP contribution in [0.2, 0.25) is 0 Å². The molecule has 0 unspecified atom stereocenters. The summed E-state index contributed by atoms with van der Waals surface area (Å²) in [5, 5.41) is 0.978. The molecule has 3 rings (SSSR count). The average molecular weight is 337 g/mol. The molecule has 0 saturated heterocycles. The Morgan fingerprint density at radius 1 is 1.16 bits per heavy atom. The van der Waals surface area contributed by atoms with E-state index in [2.05, 4.69) is 4.98 Å². The van der Waals surface area contributed by atoms with Crippen LogP contribution in [0.15, 0.2) is 30.5 Å². The number of aromatic nitrogens is 2. The van der Waals surface area contributed by atoms with Crippen molar-refractivity contribution in [3.63, 3.8) is 0 Å². The Morgan fingerprint density at radius 3 is 2.40 bits per heavy atom. The van der Waals surface area contributed by atoms with Crippen LogP contribution in [0.5, 0.6) is 0 Å². The predicted molar refractivity (Wildman–Crippen MR) is 100 cm³/mol. The second kappa shape index (κ2) is 6.31. The molecule has 5 heteroatoms. The van der Waals surface area contributed by atoms with Gasteiger partial charge in [-0.2, -0.15) is 0 Å². The molecule has 1 amide bonds. The lowest BCUT2D eigenvalue weighted by Gasteiger charge is -2.31. The minimum atomic E-state index is -0.160. The third-order valence-corrected chi connectivity index (χ3v) is 4.64. The molecule has 25 heavy (non-hydrogen) atoms. The van der Waals surface area contributed by atoms with Crippen molar-refractivity contribution in [3.05, 3.63) is 41.6 Å². The number of carbonyl (C=O) groups is 2. The fourth-order valence-corrected chi connectivity index (χ4v) is 3.63. The Hall–Kier alpha value is -2.69. The highest BCUT2D eigenvalue weighted by Crippen LogP contribution is 2.30. The highest BCUT2D eigenvalue weighted by molar-refractivity contribution is 6.14. The lowest BCUT2D eigenvalue weighted by molar-refractivity contribution is 0.0641. The number of carbonyl (C=O) groups excluding carboxylic acids is 2. The standard InChI is InChI=1S/C20H23N3O2/c1-12(2)23(13(3)4)20(25)15-10-21-18-14-8-6-7-9-17(14)22(5)19(18)16(15)11-24/h6-13H,1-5H3. The predicted octanol–water partition coefficient (Wildman–Crippen LogP) is 3.80. The second-order valence-corrected chi connectivity index (χ2v) is 6.88. The first-order chi connectivity index (χ1) is 11.9. The molecule has 2 heterocycles. The summed E-state index contributed by atoms with van der Waals surface area (Å²) in [6, 6.07) is 7.94. The quantitative estimate of drug-likeness (QED) is 0.681. The number of pyridine rings is 1. The van der Waals surface area contributed by atoms with E-state index in [0.717, 1.165) is 22.7 Å². The van der Waals surface area contributed by atoms with E-state index in [9.17, 15) is 9.59 Å². The maximum absolute atomic E-state index is 13.1. The minimum absolute atomic E-state index is 0.0372. The zero-order valence-corrected chi connectivity index (χ0v) is 15.3. The van der Waals surface area contributed by atoms with Crippen molar-refractivity contribution in [2.75, 3.05) is 0 Å². The van der Waals surface area contributed by atoms with Crippen LogP contribution >= 0.6 is 0 Å². The van der Waals surface area contributed by atoms with Crippen LogP contribution in [-0.4, -0.2) is 38.7 Å². The number of aryl methyl sites for hydroxylation is 1. The van der Waals surface area contributed by atoms with Gasteiger partial charge in [-0.1, -0.05) is 18.2 Å². The van der Waals surface area contributed by atoms with E-state index in [-0.39, 0.29) is 18.0 Å². The molecule has 3 aromatic rings. The van der Waals surface area contributed by atoms with Crippen LogP contribution in [0.3, 0.4) is 0 Å². The van der Waals surface area contributed by atoms with Crippen LogP contribution < -0.4 is 0 Å². The van der Waals surface area contributed by atoms with E-state index in [4.69, 9.17) is 0 Å². The average Bonchev–Trinajstić information content (AvgIpc) is 2.87. The number of fused-ring (bicyclic) bond motifs is 3. The van der Waals surface area contributed by atoms with Crippen molar-refractivity contribution in [2.45, 2.75) is 39.8 Å². The molecule has 0 aliphatic rings. The van der Waals surface area contributed by atoms with Gasteiger partial charge in [0.1, 0.15) is 0 Å². The summed E-state index contributed by atoms with van der Waals surface area (Å²) in [6.07, 6.45) is 2.31. The Bertz CT molecular complexity index is 962. The van der Waals surface area contributed by atoms with Gasteiger partial charge < -0.3 is 9.47 Å². The number of hydrogen-bond donors (Lipinski definition) is 0. The van der Waals surface area contributed by atoms with E-state index in [1.54, 1.807) is 11.1 Å². The van der Waals surface area contributed by atoms with Gasteiger partial charge in [0, 0.05) is 30.7 Å². The molecule has 130 valence electrons. The molecule has 0 atom stereocenters. The van der Waals surface area contributed by atoms with Crippen LogP contribution in [0, 0.1) is 0 Å². The first-order valence-corrected chi connectivity index (χ1v) is 8.52. The number of nitrogens with zero attached hydrogens (tertiary/aromatic N) is 3. The van der Waals surface area contributed by atoms with E-state index in [1.165, 1.54) is 0 Å². The van der Waals surface area contributed by atoms with Crippen molar-refractivity contribution >= 4 is 34.1 Å². The topological polar surface area (TPSA) is 55.2 Å². The van der Waals surface area contributed by atoms with Gasteiger partial charge in [0.2, 0.25) is 0 Å². The molecule has 0 aliphatic heterocycles. The zero-order chi connectivity index (χ0) is 18.3. The molecule has 0 radical (unpaired) electrons. The summed E-state index contributed by atoms with van der Waals surface area (Å²) in [7, 11) is 1.90. The summed E-state index contributed by atoms with van der Waals surface area (Å²) >= 11 is 0. The van der Waals surface area contributed by atoms with Crippen LogP contribution in [-0.2, 0) is 7.05 Å². The number of amides is 1. The van der Waals surface area contributed by atoms with Gasteiger partial charge in [-0.3, -0.25) is 14.6 Å². The number of hydrogen-bond acceptors (Lipinski definition) is 3. The first kappa shape index (κ1) is 17.1. The van der Waals surface area contributed by atoms with Gasteiger partial charge in [0.15, 0.2) is 6.29 Å². The molecular formula is C20H23N3O2. The van der Waals surface area contributed by atoms with Crippen molar-refractivity contribution in [1.82, 2.24) is 14.5 Å². The molecule has 5 nitrogen and oxygen atoms in total. The number of rotatable bonds is 4. The second-order valence-electron chi connectivity index (χ2n) is 6.88. The third-order valence-electron chi connectivity index (χ3n) is 4.64. The molecule has 0 spiro atoms. The fraction of sp³-hybridized carbons (Fsp3) is 0.350. The van der Waals surface area contributed by atoms with Gasteiger partial charge >= 0.3 is 0 Å². The minimum Gasteiger partial charge on any atom is -0.342 e. The summed E-state index contributed by atoms with van der Waals surface area (Å²) in [5.74, 6) is -0.160. The lowest BCUT2D eigenvalue weighted by atomic mass is 10.1. The van der Waals surface area contributed by atoms with Crippen molar-refractivity contribution in [3.8, 4) is 0 Å². The van der Waals surface area contributed by atoms with E-state index in [1.807, 2.05) is 63.6 Å². The van der Waals surface area contributed by atoms with Crippen LogP contribution in [0.25, 0.3) is 21.9 Å². The maximum atomic E-state index is 13.1. The van der Waals surface area contributed by atoms with Crippen LogP contribution in [0.1, 0.15) is 48.4 Å². The number of para-hydroxylation sites is 1. The highest BCUT2D eigenvalue weighted by atomic mass is 16.2. The third kappa shape index (κ3) is 2.60. The molecular weight excluding hydrogens is 314 g/mol. The van der Waals surface area contributed by atoms with Crippen molar-refractivity contribution < 1.29 is 9.59 Å². The Kier molecular flexibility index (Phi) is 4.33. The normalized spacial score (nSPS) is 11.6. The SMILES string of the molecule is CC(C)N(C(=O)c1cnc2c3ccccc3n(C)c2c1C=O)C(C)C. The maximum Gasteiger partial charge on any atom is 0.256 e. The molecule has 0 aliphatic carbocycles. The van der Waals surface area contributed by atoms with Gasteiger partial charge in [-0.25, -0.2) is 0 Å². The summed E-state index contributed by atoms with van der Waals surface area (Å²) in [5.41, 5.74) is 3.20.